The monoisotopic (exact) mass is 356 g/mol. The van der Waals surface area contributed by atoms with Crippen LogP contribution in [0.1, 0.15) is 18.4 Å². The van der Waals surface area contributed by atoms with Crippen molar-refractivity contribution in [3.8, 4) is 11.5 Å². The van der Waals surface area contributed by atoms with E-state index in [1.807, 2.05) is 0 Å². The number of carboxylic acids is 1. The van der Waals surface area contributed by atoms with Gasteiger partial charge in [-0.1, -0.05) is 6.07 Å². The minimum atomic E-state index is -2.31. The molecule has 0 heterocycles. The Hall–Kier alpha value is -2.36. The molecule has 1 aromatic carbocycles. The number of aliphatic hydroxyl groups excluding tert-OH is 2. The molecule has 0 aromatic heterocycles. The molecule has 6 N–H and O–H groups in total. The number of carbonyl (C=O) groups is 2. The third-order valence-electron chi connectivity index (χ3n) is 4.29. The molecule has 0 spiro atoms. The SMILES string of the molecule is O=C(OCCc1ccc(O)c(O)c1)[C@@H]1C[C@](O)(C(=O)O)C[C@H](O)[C@@H]1O. The molecule has 1 aliphatic carbocycles. The molecule has 1 saturated carbocycles. The molecule has 1 aliphatic rings. The number of benzene rings is 1. The zero-order valence-electron chi connectivity index (χ0n) is 13.2. The first-order valence-corrected chi connectivity index (χ1v) is 7.63. The van der Waals surface area contributed by atoms with Gasteiger partial charge in [-0.2, -0.15) is 0 Å². The van der Waals surface area contributed by atoms with E-state index < -0.39 is 48.5 Å². The molecule has 0 bridgehead atoms. The maximum atomic E-state index is 12.1. The van der Waals surface area contributed by atoms with Crippen LogP contribution in [0.5, 0.6) is 11.5 Å². The summed E-state index contributed by atoms with van der Waals surface area (Å²) in [7, 11) is 0. The number of aliphatic carboxylic acids is 1. The fourth-order valence-electron chi connectivity index (χ4n) is 2.80. The number of rotatable bonds is 5. The van der Waals surface area contributed by atoms with Crippen LogP contribution in [0.15, 0.2) is 18.2 Å². The number of hydrogen-bond acceptors (Lipinski definition) is 8. The van der Waals surface area contributed by atoms with Gasteiger partial charge in [0.05, 0.1) is 24.7 Å². The van der Waals surface area contributed by atoms with Crippen LogP contribution >= 0.6 is 0 Å². The summed E-state index contributed by atoms with van der Waals surface area (Å²) < 4.78 is 4.99. The van der Waals surface area contributed by atoms with E-state index in [4.69, 9.17) is 9.84 Å². The molecule has 0 saturated heterocycles. The summed E-state index contributed by atoms with van der Waals surface area (Å²) in [6, 6.07) is 4.09. The van der Waals surface area contributed by atoms with Gasteiger partial charge in [0.2, 0.25) is 0 Å². The molecule has 25 heavy (non-hydrogen) atoms. The van der Waals surface area contributed by atoms with Crippen molar-refractivity contribution in [1.82, 2.24) is 0 Å². The number of phenolic OH excluding ortho intramolecular Hbond substituents is 2. The van der Waals surface area contributed by atoms with Gasteiger partial charge in [-0.05, 0) is 17.7 Å². The Balaban J connectivity index is 1.96. The van der Waals surface area contributed by atoms with Crippen molar-refractivity contribution >= 4 is 11.9 Å². The number of aliphatic hydroxyl groups is 3. The largest absolute Gasteiger partial charge is 0.504 e. The number of phenols is 2. The number of carboxylic acid groups (broad SMARTS) is 1. The highest BCUT2D eigenvalue weighted by atomic mass is 16.5. The smallest absolute Gasteiger partial charge is 0.335 e. The van der Waals surface area contributed by atoms with Crippen LogP contribution in [0.4, 0.5) is 0 Å². The summed E-state index contributed by atoms with van der Waals surface area (Å²) in [5.74, 6) is -4.50. The predicted molar refractivity (Wildman–Crippen MR) is 81.8 cm³/mol. The van der Waals surface area contributed by atoms with Gasteiger partial charge in [-0.25, -0.2) is 4.79 Å². The average Bonchev–Trinajstić information content (AvgIpc) is 2.54. The van der Waals surface area contributed by atoms with E-state index in [0.717, 1.165) is 0 Å². The number of esters is 1. The lowest BCUT2D eigenvalue weighted by molar-refractivity contribution is -0.187. The van der Waals surface area contributed by atoms with Crippen molar-refractivity contribution in [2.45, 2.75) is 37.1 Å². The molecule has 0 unspecified atom stereocenters. The molecular formula is C16H20O9. The Morgan fingerprint density at radius 3 is 2.44 bits per heavy atom. The van der Waals surface area contributed by atoms with Crippen molar-refractivity contribution in [3.63, 3.8) is 0 Å². The number of carbonyl (C=O) groups excluding carboxylic acids is 1. The first-order valence-electron chi connectivity index (χ1n) is 7.63. The zero-order valence-corrected chi connectivity index (χ0v) is 13.2. The van der Waals surface area contributed by atoms with E-state index in [0.29, 0.717) is 5.56 Å². The zero-order chi connectivity index (χ0) is 18.8. The van der Waals surface area contributed by atoms with Gasteiger partial charge in [0, 0.05) is 19.3 Å². The summed E-state index contributed by atoms with van der Waals surface area (Å²) in [5.41, 5.74) is -1.74. The number of ether oxygens (including phenoxy) is 1. The molecule has 1 aromatic rings. The predicted octanol–water partition coefficient (Wildman–Crippen LogP) is -0.869. The van der Waals surface area contributed by atoms with Gasteiger partial charge in [0.1, 0.15) is 0 Å². The molecule has 0 amide bonds. The molecule has 138 valence electrons. The lowest BCUT2D eigenvalue weighted by Crippen LogP contribution is -2.55. The van der Waals surface area contributed by atoms with E-state index in [2.05, 4.69) is 0 Å². The van der Waals surface area contributed by atoms with Crippen LogP contribution in [-0.2, 0) is 20.7 Å². The maximum Gasteiger partial charge on any atom is 0.335 e. The maximum absolute atomic E-state index is 12.1. The summed E-state index contributed by atoms with van der Waals surface area (Å²) in [5, 5.41) is 57.2. The molecule has 9 heteroatoms. The standard InChI is InChI=1S/C16H20O9/c17-10-2-1-8(5-11(10)18)3-4-25-14(21)9-6-16(24,15(22)23)7-12(19)13(9)20/h1-2,5,9,12-13,17-20,24H,3-4,6-7H2,(H,22,23)/t9-,12+,13-,16-/m1/s1. The van der Waals surface area contributed by atoms with Crippen molar-refractivity contribution < 1.29 is 45.0 Å². The molecule has 9 nitrogen and oxygen atoms in total. The van der Waals surface area contributed by atoms with Crippen LogP contribution in [0, 0.1) is 5.92 Å². The highest BCUT2D eigenvalue weighted by molar-refractivity contribution is 5.80. The minimum absolute atomic E-state index is 0.131. The second-order valence-corrected chi connectivity index (χ2v) is 6.15. The summed E-state index contributed by atoms with van der Waals surface area (Å²) in [6.45, 7) is -0.131. The summed E-state index contributed by atoms with van der Waals surface area (Å²) in [4.78, 5) is 23.2. The summed E-state index contributed by atoms with van der Waals surface area (Å²) in [6.07, 6.45) is -4.06. The van der Waals surface area contributed by atoms with E-state index in [1.165, 1.54) is 18.2 Å². The quantitative estimate of drug-likeness (QED) is 0.290. The Labute approximate surface area is 142 Å². The highest BCUT2D eigenvalue weighted by Gasteiger charge is 2.51. The second kappa shape index (κ2) is 7.26. The second-order valence-electron chi connectivity index (χ2n) is 6.15. The number of aromatic hydroxyl groups is 2. The van der Waals surface area contributed by atoms with Gasteiger partial charge in [-0.15, -0.1) is 0 Å². The third-order valence-corrected chi connectivity index (χ3v) is 4.29. The normalized spacial score (nSPS) is 29.2. The van der Waals surface area contributed by atoms with Gasteiger partial charge in [0.15, 0.2) is 17.1 Å². The summed E-state index contributed by atoms with van der Waals surface area (Å²) >= 11 is 0. The molecule has 0 radical (unpaired) electrons. The van der Waals surface area contributed by atoms with E-state index in [-0.39, 0.29) is 24.5 Å². The van der Waals surface area contributed by atoms with Crippen molar-refractivity contribution in [2.24, 2.45) is 5.92 Å². The number of hydrogen-bond donors (Lipinski definition) is 6. The Kier molecular flexibility index (Phi) is 5.51. The fraction of sp³-hybridized carbons (Fsp3) is 0.500. The highest BCUT2D eigenvalue weighted by Crippen LogP contribution is 2.34. The van der Waals surface area contributed by atoms with E-state index >= 15 is 0 Å². The Bertz CT molecular complexity index is 659. The van der Waals surface area contributed by atoms with Crippen LogP contribution in [-0.4, -0.2) is 67.0 Å². The fourth-order valence-corrected chi connectivity index (χ4v) is 2.80. The lowest BCUT2D eigenvalue weighted by Gasteiger charge is -2.38. The van der Waals surface area contributed by atoms with Gasteiger partial charge in [0.25, 0.3) is 0 Å². The molecule has 1 fully saturated rings. The van der Waals surface area contributed by atoms with Gasteiger partial charge < -0.3 is 35.4 Å². The topological polar surface area (TPSA) is 165 Å². The van der Waals surface area contributed by atoms with Crippen LogP contribution < -0.4 is 0 Å². The lowest BCUT2D eigenvalue weighted by atomic mass is 9.74. The van der Waals surface area contributed by atoms with Crippen LogP contribution in [0.2, 0.25) is 0 Å². The van der Waals surface area contributed by atoms with Crippen molar-refractivity contribution in [2.75, 3.05) is 6.61 Å². The van der Waals surface area contributed by atoms with E-state index in [1.54, 1.807) is 0 Å². The third kappa shape index (κ3) is 4.19. The molecular weight excluding hydrogens is 336 g/mol. The van der Waals surface area contributed by atoms with Crippen molar-refractivity contribution in [1.29, 1.82) is 0 Å². The Morgan fingerprint density at radius 1 is 1.16 bits per heavy atom. The molecule has 4 atom stereocenters. The van der Waals surface area contributed by atoms with Crippen molar-refractivity contribution in [3.05, 3.63) is 23.8 Å². The average molecular weight is 356 g/mol. The minimum Gasteiger partial charge on any atom is -0.504 e. The Morgan fingerprint density at radius 2 is 1.84 bits per heavy atom. The van der Waals surface area contributed by atoms with Crippen LogP contribution in [0.25, 0.3) is 0 Å². The molecule has 0 aliphatic heterocycles. The van der Waals surface area contributed by atoms with E-state index in [9.17, 15) is 35.1 Å². The van der Waals surface area contributed by atoms with Gasteiger partial charge in [-0.3, -0.25) is 4.79 Å². The van der Waals surface area contributed by atoms with Crippen LogP contribution in [0.3, 0.4) is 0 Å². The first-order chi connectivity index (χ1) is 11.6. The first kappa shape index (κ1) is 19.0. The molecule has 2 rings (SSSR count). The van der Waals surface area contributed by atoms with Gasteiger partial charge >= 0.3 is 11.9 Å².